The van der Waals surface area contributed by atoms with Crippen LogP contribution in [0.1, 0.15) is 30.9 Å². The quantitative estimate of drug-likeness (QED) is 0.782. The summed E-state index contributed by atoms with van der Waals surface area (Å²) in [5.41, 5.74) is 6.50. The maximum Gasteiger partial charge on any atom is 0.306 e. The van der Waals surface area contributed by atoms with Gasteiger partial charge in [0.05, 0.1) is 11.6 Å². The van der Waals surface area contributed by atoms with E-state index in [4.69, 9.17) is 10.8 Å². The minimum atomic E-state index is -0.685. The predicted octanol–water partition coefficient (Wildman–Crippen LogP) is 1.69. The van der Waals surface area contributed by atoms with Crippen molar-refractivity contribution in [2.45, 2.75) is 25.2 Å². The molecule has 1 fully saturated rings. The van der Waals surface area contributed by atoms with Crippen LogP contribution in [0.4, 0.5) is 5.13 Å². The van der Waals surface area contributed by atoms with E-state index in [1.807, 2.05) is 5.38 Å². The van der Waals surface area contributed by atoms with Crippen LogP contribution in [-0.2, 0) is 4.79 Å². The van der Waals surface area contributed by atoms with E-state index in [1.165, 1.54) is 11.3 Å². The summed E-state index contributed by atoms with van der Waals surface area (Å²) in [5, 5.41) is 11.3. The number of nitrogens with zero attached hydrogens (tertiary/aromatic N) is 1. The van der Waals surface area contributed by atoms with Gasteiger partial charge in [0.1, 0.15) is 0 Å². The van der Waals surface area contributed by atoms with Gasteiger partial charge in [-0.2, -0.15) is 0 Å². The Morgan fingerprint density at radius 3 is 2.93 bits per heavy atom. The zero-order chi connectivity index (χ0) is 10.1. The largest absolute Gasteiger partial charge is 0.481 e. The second kappa shape index (κ2) is 3.57. The first-order chi connectivity index (χ1) is 6.66. The molecule has 4 nitrogen and oxygen atoms in total. The Morgan fingerprint density at radius 1 is 1.64 bits per heavy atom. The van der Waals surface area contributed by atoms with E-state index >= 15 is 0 Å². The summed E-state index contributed by atoms with van der Waals surface area (Å²) in [6, 6.07) is 0. The van der Waals surface area contributed by atoms with Gasteiger partial charge in [0.15, 0.2) is 5.13 Å². The number of hydrogen-bond acceptors (Lipinski definition) is 4. The standard InChI is InChI=1S/C9H12N2O2S/c10-9-11-7(4-14-9)5-1-2-6(3-5)8(12)13/h4-6H,1-3H2,(H2,10,11)(H,12,13). The fourth-order valence-electron chi connectivity index (χ4n) is 1.96. The lowest BCUT2D eigenvalue weighted by Gasteiger charge is -2.04. The molecule has 0 aliphatic heterocycles. The van der Waals surface area contributed by atoms with Crippen molar-refractivity contribution in [3.05, 3.63) is 11.1 Å². The summed E-state index contributed by atoms with van der Waals surface area (Å²) >= 11 is 1.42. The summed E-state index contributed by atoms with van der Waals surface area (Å²) in [6.07, 6.45) is 2.38. The Labute approximate surface area is 85.8 Å². The highest BCUT2D eigenvalue weighted by Gasteiger charge is 2.31. The van der Waals surface area contributed by atoms with Gasteiger partial charge in [-0.25, -0.2) is 4.98 Å². The molecule has 0 saturated heterocycles. The lowest BCUT2D eigenvalue weighted by atomic mass is 10.0. The molecular weight excluding hydrogens is 200 g/mol. The first kappa shape index (κ1) is 9.45. The number of anilines is 1. The van der Waals surface area contributed by atoms with Gasteiger partial charge >= 0.3 is 5.97 Å². The number of hydrogen-bond donors (Lipinski definition) is 2. The van der Waals surface area contributed by atoms with E-state index in [0.717, 1.165) is 18.5 Å². The number of nitrogens with two attached hydrogens (primary N) is 1. The average Bonchev–Trinajstić information content (AvgIpc) is 2.70. The number of nitrogen functional groups attached to an aromatic ring is 1. The zero-order valence-electron chi connectivity index (χ0n) is 7.64. The third kappa shape index (κ3) is 1.72. The van der Waals surface area contributed by atoms with Crippen LogP contribution in [0.2, 0.25) is 0 Å². The molecule has 0 aromatic carbocycles. The maximum absolute atomic E-state index is 10.7. The maximum atomic E-state index is 10.7. The molecule has 1 aliphatic carbocycles. The fourth-order valence-corrected chi connectivity index (χ4v) is 2.61. The summed E-state index contributed by atoms with van der Waals surface area (Å²) in [4.78, 5) is 14.9. The van der Waals surface area contributed by atoms with Crippen LogP contribution < -0.4 is 5.73 Å². The van der Waals surface area contributed by atoms with Crippen LogP contribution in [0, 0.1) is 5.92 Å². The normalized spacial score (nSPS) is 26.6. The molecule has 1 aromatic heterocycles. The van der Waals surface area contributed by atoms with Gasteiger partial charge in [0, 0.05) is 11.3 Å². The van der Waals surface area contributed by atoms with Crippen LogP contribution >= 0.6 is 11.3 Å². The topological polar surface area (TPSA) is 76.2 Å². The molecule has 2 unspecified atom stereocenters. The number of thiazole rings is 1. The van der Waals surface area contributed by atoms with E-state index in [-0.39, 0.29) is 5.92 Å². The minimum absolute atomic E-state index is 0.192. The molecular formula is C9H12N2O2S. The lowest BCUT2D eigenvalue weighted by molar-refractivity contribution is -0.141. The van der Waals surface area contributed by atoms with E-state index < -0.39 is 5.97 Å². The number of aliphatic carboxylic acids is 1. The first-order valence-electron chi connectivity index (χ1n) is 4.60. The van der Waals surface area contributed by atoms with Crippen molar-refractivity contribution in [1.82, 2.24) is 4.98 Å². The van der Waals surface area contributed by atoms with Crippen molar-refractivity contribution in [3.8, 4) is 0 Å². The van der Waals surface area contributed by atoms with Crippen LogP contribution in [0.15, 0.2) is 5.38 Å². The van der Waals surface area contributed by atoms with E-state index in [9.17, 15) is 4.79 Å². The number of carboxylic acids is 1. The van der Waals surface area contributed by atoms with Crippen LogP contribution in [0.5, 0.6) is 0 Å². The third-order valence-corrected chi connectivity index (χ3v) is 3.43. The highest BCUT2D eigenvalue weighted by molar-refractivity contribution is 7.13. The molecule has 1 heterocycles. The highest BCUT2D eigenvalue weighted by atomic mass is 32.1. The molecule has 5 heteroatoms. The molecule has 2 rings (SSSR count). The Morgan fingerprint density at radius 2 is 2.43 bits per heavy atom. The second-order valence-corrected chi connectivity index (χ2v) is 4.55. The summed E-state index contributed by atoms with van der Waals surface area (Å²) in [7, 11) is 0. The second-order valence-electron chi connectivity index (χ2n) is 3.66. The van der Waals surface area contributed by atoms with E-state index in [1.54, 1.807) is 0 Å². The van der Waals surface area contributed by atoms with Crippen molar-refractivity contribution in [2.24, 2.45) is 5.92 Å². The van der Waals surface area contributed by atoms with Gasteiger partial charge in [-0.15, -0.1) is 11.3 Å². The van der Waals surface area contributed by atoms with Crippen LogP contribution in [0.25, 0.3) is 0 Å². The van der Waals surface area contributed by atoms with Gasteiger partial charge in [-0.3, -0.25) is 4.79 Å². The molecule has 3 N–H and O–H groups in total. The molecule has 76 valence electrons. The molecule has 1 saturated carbocycles. The first-order valence-corrected chi connectivity index (χ1v) is 5.48. The van der Waals surface area contributed by atoms with Gasteiger partial charge in [0.25, 0.3) is 0 Å². The fraction of sp³-hybridized carbons (Fsp3) is 0.556. The van der Waals surface area contributed by atoms with Crippen LogP contribution in [0.3, 0.4) is 0 Å². The predicted molar refractivity (Wildman–Crippen MR) is 54.2 cm³/mol. The SMILES string of the molecule is Nc1nc(C2CCC(C(=O)O)C2)cs1. The van der Waals surface area contributed by atoms with Gasteiger partial charge < -0.3 is 10.8 Å². The summed E-state index contributed by atoms with van der Waals surface area (Å²) in [5.74, 6) is -0.580. The molecule has 14 heavy (non-hydrogen) atoms. The van der Waals surface area contributed by atoms with Crippen molar-refractivity contribution in [2.75, 3.05) is 5.73 Å². The van der Waals surface area contributed by atoms with Gasteiger partial charge in [-0.1, -0.05) is 0 Å². The Hall–Kier alpha value is -1.10. The van der Waals surface area contributed by atoms with Crippen LogP contribution in [-0.4, -0.2) is 16.1 Å². The highest BCUT2D eigenvalue weighted by Crippen LogP contribution is 2.38. The molecule has 0 bridgehead atoms. The monoisotopic (exact) mass is 212 g/mol. The Bertz CT molecular complexity index is 350. The molecule has 1 aromatic rings. The molecule has 0 amide bonds. The van der Waals surface area contributed by atoms with Gasteiger partial charge in [-0.05, 0) is 19.3 Å². The number of aromatic nitrogens is 1. The molecule has 0 spiro atoms. The average molecular weight is 212 g/mol. The van der Waals surface area contributed by atoms with Crippen molar-refractivity contribution in [1.29, 1.82) is 0 Å². The number of rotatable bonds is 2. The summed E-state index contributed by atoms with van der Waals surface area (Å²) in [6.45, 7) is 0. The third-order valence-electron chi connectivity index (χ3n) is 2.74. The van der Waals surface area contributed by atoms with Crippen molar-refractivity contribution >= 4 is 22.4 Å². The van der Waals surface area contributed by atoms with Crippen molar-refractivity contribution < 1.29 is 9.90 Å². The number of carbonyl (C=O) groups is 1. The molecule has 2 atom stereocenters. The minimum Gasteiger partial charge on any atom is -0.481 e. The Balaban J connectivity index is 2.05. The summed E-state index contributed by atoms with van der Waals surface area (Å²) < 4.78 is 0. The Kier molecular flexibility index (Phi) is 2.41. The zero-order valence-corrected chi connectivity index (χ0v) is 8.46. The van der Waals surface area contributed by atoms with E-state index in [0.29, 0.717) is 17.5 Å². The van der Waals surface area contributed by atoms with Crippen molar-refractivity contribution in [3.63, 3.8) is 0 Å². The van der Waals surface area contributed by atoms with Gasteiger partial charge in [0.2, 0.25) is 0 Å². The smallest absolute Gasteiger partial charge is 0.306 e. The lowest BCUT2D eigenvalue weighted by Crippen LogP contribution is -2.09. The number of carboxylic acid groups (broad SMARTS) is 1. The molecule has 0 radical (unpaired) electrons. The molecule has 1 aliphatic rings. The van der Waals surface area contributed by atoms with E-state index in [2.05, 4.69) is 4.98 Å².